The maximum absolute atomic E-state index is 12.0. The lowest BCUT2D eigenvalue weighted by Crippen LogP contribution is -2.34. The smallest absolute Gasteiger partial charge is 0.379 e. The van der Waals surface area contributed by atoms with Crippen LogP contribution in [0.15, 0.2) is 68.9 Å². The van der Waals surface area contributed by atoms with Crippen LogP contribution in [0.4, 0.5) is 0 Å². The molecule has 0 saturated carbocycles. The van der Waals surface area contributed by atoms with Crippen LogP contribution in [0.25, 0.3) is 0 Å². The Labute approximate surface area is 170 Å². The van der Waals surface area contributed by atoms with Gasteiger partial charge in [-0.05, 0) is 48.0 Å². The highest BCUT2D eigenvalue weighted by Crippen LogP contribution is 2.28. The third-order valence-electron chi connectivity index (χ3n) is 3.67. The maximum Gasteiger partial charge on any atom is 0.379 e. The lowest BCUT2D eigenvalue weighted by Gasteiger charge is -2.09. The summed E-state index contributed by atoms with van der Waals surface area (Å²) in [6, 6.07) is 10.8. The molecule has 2 amide bonds. The number of rotatable bonds is 8. The summed E-state index contributed by atoms with van der Waals surface area (Å²) in [7, 11) is 1.42. The molecule has 2 aromatic heterocycles. The monoisotopic (exact) mass is 411 g/mol. The molecule has 0 saturated heterocycles. The van der Waals surface area contributed by atoms with E-state index in [1.165, 1.54) is 44.0 Å². The highest BCUT2D eigenvalue weighted by molar-refractivity contribution is 5.94. The van der Waals surface area contributed by atoms with E-state index in [4.69, 9.17) is 18.3 Å². The normalized spacial score (nSPS) is 10.6. The van der Waals surface area contributed by atoms with Crippen LogP contribution >= 0.6 is 0 Å². The Morgan fingerprint density at radius 3 is 2.43 bits per heavy atom. The van der Waals surface area contributed by atoms with Crippen molar-refractivity contribution in [3.8, 4) is 11.5 Å². The fourth-order valence-electron chi connectivity index (χ4n) is 2.27. The molecule has 2 heterocycles. The summed E-state index contributed by atoms with van der Waals surface area (Å²) in [6.07, 6.45) is 4.09. The van der Waals surface area contributed by atoms with Crippen molar-refractivity contribution in [1.29, 1.82) is 0 Å². The zero-order valence-electron chi connectivity index (χ0n) is 15.8. The molecular formula is C20H17N3O7. The van der Waals surface area contributed by atoms with Gasteiger partial charge in [0, 0.05) is 0 Å². The molecule has 0 unspecified atom stereocenters. The number of hydrazone groups is 1. The molecule has 154 valence electrons. The molecule has 0 aliphatic rings. The van der Waals surface area contributed by atoms with E-state index in [1.54, 1.807) is 24.3 Å². The van der Waals surface area contributed by atoms with E-state index < -0.39 is 17.8 Å². The van der Waals surface area contributed by atoms with Crippen LogP contribution in [-0.4, -0.2) is 37.7 Å². The molecule has 0 bridgehead atoms. The van der Waals surface area contributed by atoms with Crippen molar-refractivity contribution in [3.63, 3.8) is 0 Å². The molecular weight excluding hydrogens is 394 g/mol. The Hall–Kier alpha value is -4.34. The summed E-state index contributed by atoms with van der Waals surface area (Å²) >= 11 is 0. The Morgan fingerprint density at radius 2 is 1.77 bits per heavy atom. The van der Waals surface area contributed by atoms with Crippen molar-refractivity contribution in [3.05, 3.63) is 72.1 Å². The number of esters is 1. The van der Waals surface area contributed by atoms with E-state index in [2.05, 4.69) is 15.8 Å². The van der Waals surface area contributed by atoms with Crippen molar-refractivity contribution in [2.75, 3.05) is 13.7 Å². The summed E-state index contributed by atoms with van der Waals surface area (Å²) in [5.74, 6) is -1.05. The first-order chi connectivity index (χ1) is 14.6. The van der Waals surface area contributed by atoms with Crippen molar-refractivity contribution < 1.29 is 32.7 Å². The lowest BCUT2D eigenvalue weighted by atomic mass is 10.2. The summed E-state index contributed by atoms with van der Waals surface area (Å²) in [6.45, 7) is -0.276. The minimum Gasteiger partial charge on any atom is -0.493 e. The Kier molecular flexibility index (Phi) is 6.62. The molecule has 30 heavy (non-hydrogen) atoms. The van der Waals surface area contributed by atoms with Gasteiger partial charge in [-0.25, -0.2) is 10.2 Å². The van der Waals surface area contributed by atoms with Gasteiger partial charge in [0.15, 0.2) is 17.3 Å². The maximum atomic E-state index is 12.0. The second-order valence-corrected chi connectivity index (χ2v) is 5.73. The number of methoxy groups -OCH3 is 1. The van der Waals surface area contributed by atoms with E-state index in [-0.39, 0.29) is 29.6 Å². The first-order valence-corrected chi connectivity index (χ1v) is 8.64. The number of furan rings is 2. The van der Waals surface area contributed by atoms with Crippen molar-refractivity contribution in [2.45, 2.75) is 0 Å². The van der Waals surface area contributed by atoms with Gasteiger partial charge < -0.3 is 23.6 Å². The third kappa shape index (κ3) is 5.35. The summed E-state index contributed by atoms with van der Waals surface area (Å²) in [5, 5.41) is 6.21. The van der Waals surface area contributed by atoms with Crippen LogP contribution in [0.3, 0.4) is 0 Å². The number of carbonyl (C=O) groups is 3. The number of benzene rings is 1. The molecule has 0 aliphatic carbocycles. The summed E-state index contributed by atoms with van der Waals surface area (Å²) in [5.41, 5.74) is 2.85. The molecule has 3 aromatic rings. The average molecular weight is 411 g/mol. The van der Waals surface area contributed by atoms with E-state index in [1.807, 2.05) is 0 Å². The van der Waals surface area contributed by atoms with Crippen molar-refractivity contribution in [1.82, 2.24) is 10.7 Å². The van der Waals surface area contributed by atoms with Crippen LogP contribution in [0.2, 0.25) is 0 Å². The van der Waals surface area contributed by atoms with Crippen LogP contribution in [-0.2, 0) is 4.79 Å². The lowest BCUT2D eigenvalue weighted by molar-refractivity contribution is -0.120. The second-order valence-electron chi connectivity index (χ2n) is 5.73. The number of nitrogens with zero attached hydrogens (tertiary/aromatic N) is 1. The van der Waals surface area contributed by atoms with Crippen LogP contribution in [0.5, 0.6) is 11.5 Å². The first-order valence-electron chi connectivity index (χ1n) is 8.64. The fourth-order valence-corrected chi connectivity index (χ4v) is 2.27. The van der Waals surface area contributed by atoms with Crippen LogP contribution < -0.4 is 20.2 Å². The van der Waals surface area contributed by atoms with Gasteiger partial charge in [0.25, 0.3) is 11.8 Å². The van der Waals surface area contributed by atoms with Gasteiger partial charge in [-0.1, -0.05) is 0 Å². The minimum absolute atomic E-state index is 0.0598. The summed E-state index contributed by atoms with van der Waals surface area (Å²) < 4.78 is 20.4. The van der Waals surface area contributed by atoms with E-state index in [9.17, 15) is 14.4 Å². The van der Waals surface area contributed by atoms with Crippen molar-refractivity contribution >= 4 is 24.0 Å². The molecule has 0 spiro atoms. The SMILES string of the molecule is COc1cc(C=NNC(=O)CNC(=O)c2ccco2)ccc1OC(=O)c1ccco1. The van der Waals surface area contributed by atoms with E-state index in [0.717, 1.165) is 0 Å². The first kappa shape index (κ1) is 20.4. The van der Waals surface area contributed by atoms with E-state index >= 15 is 0 Å². The number of hydrogen-bond donors (Lipinski definition) is 2. The predicted octanol–water partition coefficient (Wildman–Crippen LogP) is 1.98. The molecule has 0 fully saturated rings. The van der Waals surface area contributed by atoms with E-state index in [0.29, 0.717) is 5.56 Å². The highest BCUT2D eigenvalue weighted by atomic mass is 16.6. The standard InChI is InChI=1S/C20H17N3O7/c1-27-17-10-13(6-7-14(17)30-20(26)16-5-3-9-29-16)11-22-23-18(24)12-21-19(25)15-4-2-8-28-15/h2-11H,12H2,1H3,(H,21,25)(H,23,24). The Bertz CT molecular complexity index is 1040. The Balaban J connectivity index is 1.53. The molecule has 0 aliphatic heterocycles. The second kappa shape index (κ2) is 9.73. The molecule has 0 radical (unpaired) electrons. The Morgan fingerprint density at radius 1 is 1.03 bits per heavy atom. The molecule has 1 aromatic carbocycles. The topological polar surface area (TPSA) is 132 Å². The third-order valence-corrected chi connectivity index (χ3v) is 3.67. The molecule has 3 rings (SSSR count). The molecule has 2 N–H and O–H groups in total. The van der Waals surface area contributed by atoms with Gasteiger partial charge in [-0.3, -0.25) is 9.59 Å². The van der Waals surface area contributed by atoms with Gasteiger partial charge in [-0.15, -0.1) is 0 Å². The summed E-state index contributed by atoms with van der Waals surface area (Å²) in [4.78, 5) is 35.4. The fraction of sp³-hybridized carbons (Fsp3) is 0.100. The number of hydrogen-bond acceptors (Lipinski definition) is 8. The van der Waals surface area contributed by atoms with Gasteiger partial charge in [0.2, 0.25) is 5.76 Å². The van der Waals surface area contributed by atoms with Gasteiger partial charge >= 0.3 is 5.97 Å². The number of ether oxygens (including phenoxy) is 2. The number of carbonyl (C=O) groups excluding carboxylic acids is 3. The molecule has 0 atom stereocenters. The van der Waals surface area contributed by atoms with Crippen molar-refractivity contribution in [2.24, 2.45) is 5.10 Å². The minimum atomic E-state index is -0.663. The number of amides is 2. The zero-order valence-corrected chi connectivity index (χ0v) is 15.8. The predicted molar refractivity (Wildman–Crippen MR) is 103 cm³/mol. The zero-order chi connectivity index (χ0) is 21.3. The largest absolute Gasteiger partial charge is 0.493 e. The molecule has 10 nitrogen and oxygen atoms in total. The number of nitrogens with one attached hydrogen (secondary N) is 2. The van der Waals surface area contributed by atoms with Gasteiger partial charge in [-0.2, -0.15) is 5.10 Å². The van der Waals surface area contributed by atoms with Gasteiger partial charge in [0.1, 0.15) is 0 Å². The molecule has 10 heteroatoms. The van der Waals surface area contributed by atoms with Crippen LogP contribution in [0.1, 0.15) is 26.7 Å². The highest BCUT2D eigenvalue weighted by Gasteiger charge is 2.15. The van der Waals surface area contributed by atoms with Crippen LogP contribution in [0, 0.1) is 0 Å². The quantitative estimate of drug-likeness (QED) is 0.251. The average Bonchev–Trinajstić information content (AvgIpc) is 3.47. The van der Waals surface area contributed by atoms with Gasteiger partial charge in [0.05, 0.1) is 32.4 Å².